The lowest BCUT2D eigenvalue weighted by Crippen LogP contribution is -1.91. The number of imidazole rings is 1. The summed E-state index contributed by atoms with van der Waals surface area (Å²) in [5.74, 6) is 0.503. The van der Waals surface area contributed by atoms with Crippen LogP contribution >= 0.6 is 0 Å². The molecule has 0 unspecified atom stereocenters. The summed E-state index contributed by atoms with van der Waals surface area (Å²) in [6, 6.07) is 3.79. The molecule has 0 aliphatic carbocycles. The van der Waals surface area contributed by atoms with Gasteiger partial charge < -0.3 is 5.73 Å². The first-order chi connectivity index (χ1) is 5.25. The molecule has 4 nitrogen and oxygen atoms in total. The molecule has 2 rings (SSSR count). The molecule has 0 saturated heterocycles. The zero-order chi connectivity index (χ0) is 7.84. The molecule has 0 spiro atoms. The maximum absolute atomic E-state index is 5.47. The predicted molar refractivity (Wildman–Crippen MR) is 42.1 cm³/mol. The molecule has 0 amide bonds. The number of aryl methyl sites for hydroxylation is 1. The van der Waals surface area contributed by atoms with E-state index in [1.54, 1.807) is 10.7 Å². The van der Waals surface area contributed by atoms with E-state index in [1.165, 1.54) is 0 Å². The topological polar surface area (TPSA) is 56.2 Å². The number of nitrogen functional groups attached to an aromatic ring is 1. The molecule has 2 aromatic rings. The van der Waals surface area contributed by atoms with E-state index in [1.807, 2.05) is 19.1 Å². The molecule has 4 heteroatoms. The fourth-order valence-corrected chi connectivity index (χ4v) is 0.996. The Morgan fingerprint density at radius 1 is 1.45 bits per heavy atom. The van der Waals surface area contributed by atoms with E-state index >= 15 is 0 Å². The zero-order valence-electron chi connectivity index (χ0n) is 6.15. The Kier molecular flexibility index (Phi) is 1.09. The second-order valence-corrected chi connectivity index (χ2v) is 2.44. The van der Waals surface area contributed by atoms with Gasteiger partial charge in [0.25, 0.3) is 0 Å². The maximum atomic E-state index is 5.47. The van der Waals surface area contributed by atoms with Crippen molar-refractivity contribution in [3.8, 4) is 0 Å². The van der Waals surface area contributed by atoms with Gasteiger partial charge in [0.2, 0.25) is 0 Å². The summed E-state index contributed by atoms with van der Waals surface area (Å²) >= 11 is 0. The van der Waals surface area contributed by atoms with Crippen molar-refractivity contribution in [3.05, 3.63) is 24.0 Å². The summed E-state index contributed by atoms with van der Waals surface area (Å²) in [5, 5.41) is 4.17. The van der Waals surface area contributed by atoms with Gasteiger partial charge in [0.15, 0.2) is 5.65 Å². The molecule has 0 aliphatic heterocycles. The Morgan fingerprint density at radius 2 is 2.27 bits per heavy atom. The van der Waals surface area contributed by atoms with Gasteiger partial charge in [-0.25, -0.2) is 9.50 Å². The molecule has 0 atom stereocenters. The number of nitrogens with two attached hydrogens (primary N) is 1. The minimum Gasteiger partial charge on any atom is -0.382 e. The van der Waals surface area contributed by atoms with Crippen LogP contribution in [-0.4, -0.2) is 14.6 Å². The molecule has 0 bridgehead atoms. The second kappa shape index (κ2) is 1.95. The highest BCUT2D eigenvalue weighted by Gasteiger charge is 1.96. The number of aromatic nitrogens is 3. The van der Waals surface area contributed by atoms with Crippen LogP contribution in [0.4, 0.5) is 5.82 Å². The highest BCUT2D eigenvalue weighted by Crippen LogP contribution is 2.04. The van der Waals surface area contributed by atoms with Crippen LogP contribution in [-0.2, 0) is 0 Å². The first-order valence-corrected chi connectivity index (χ1v) is 3.34. The molecule has 0 aliphatic rings. The number of hydrogen-bond donors (Lipinski definition) is 1. The third kappa shape index (κ3) is 0.920. The Bertz CT molecular complexity index is 390. The van der Waals surface area contributed by atoms with Crippen LogP contribution in [0.15, 0.2) is 18.3 Å². The summed E-state index contributed by atoms with van der Waals surface area (Å²) in [6.45, 7) is 1.93. The third-order valence-electron chi connectivity index (χ3n) is 1.47. The number of rotatable bonds is 0. The number of hydrogen-bond acceptors (Lipinski definition) is 3. The van der Waals surface area contributed by atoms with Gasteiger partial charge in [-0.2, -0.15) is 5.10 Å². The minimum absolute atomic E-state index is 0.503. The van der Waals surface area contributed by atoms with E-state index in [2.05, 4.69) is 10.1 Å². The highest BCUT2D eigenvalue weighted by molar-refractivity contribution is 5.44. The van der Waals surface area contributed by atoms with E-state index < -0.39 is 0 Å². The molecule has 0 fully saturated rings. The Hall–Kier alpha value is -1.58. The quantitative estimate of drug-likeness (QED) is 0.595. The molecule has 56 valence electrons. The van der Waals surface area contributed by atoms with Crippen molar-refractivity contribution in [1.82, 2.24) is 14.6 Å². The van der Waals surface area contributed by atoms with Crippen LogP contribution in [0.1, 0.15) is 5.69 Å². The third-order valence-corrected chi connectivity index (χ3v) is 1.47. The van der Waals surface area contributed by atoms with E-state index in [0.717, 1.165) is 11.3 Å². The summed E-state index contributed by atoms with van der Waals surface area (Å²) in [5.41, 5.74) is 7.21. The standard InChI is InChI=1S/C7H8N4/c1-5-2-3-7-9-6(8)4-11(7)10-5/h2-4H,8H2,1H3. The van der Waals surface area contributed by atoms with Crippen LogP contribution in [0, 0.1) is 6.92 Å². The number of fused-ring (bicyclic) bond motifs is 1. The van der Waals surface area contributed by atoms with Crippen LogP contribution in [0.25, 0.3) is 5.65 Å². The fraction of sp³-hybridized carbons (Fsp3) is 0.143. The summed E-state index contributed by atoms with van der Waals surface area (Å²) in [6.07, 6.45) is 1.70. The summed E-state index contributed by atoms with van der Waals surface area (Å²) in [7, 11) is 0. The highest BCUT2D eigenvalue weighted by atomic mass is 15.3. The van der Waals surface area contributed by atoms with Gasteiger partial charge in [0.05, 0.1) is 11.9 Å². The molecule has 0 radical (unpaired) electrons. The monoisotopic (exact) mass is 148 g/mol. The van der Waals surface area contributed by atoms with Crippen molar-refractivity contribution in [3.63, 3.8) is 0 Å². The molecule has 2 N–H and O–H groups in total. The lowest BCUT2D eigenvalue weighted by molar-refractivity contribution is 0.901. The zero-order valence-corrected chi connectivity index (χ0v) is 6.15. The van der Waals surface area contributed by atoms with E-state index in [9.17, 15) is 0 Å². The van der Waals surface area contributed by atoms with Crippen molar-refractivity contribution in [1.29, 1.82) is 0 Å². The maximum Gasteiger partial charge on any atom is 0.155 e. The Balaban J connectivity index is 2.82. The number of anilines is 1. The first-order valence-electron chi connectivity index (χ1n) is 3.34. The average molecular weight is 148 g/mol. The van der Waals surface area contributed by atoms with Crippen LogP contribution in [0.5, 0.6) is 0 Å². The molecule has 0 saturated carbocycles. The Labute approximate surface area is 63.7 Å². The average Bonchev–Trinajstić information content (AvgIpc) is 2.27. The van der Waals surface area contributed by atoms with Gasteiger partial charge in [-0.3, -0.25) is 0 Å². The van der Waals surface area contributed by atoms with Crippen molar-refractivity contribution < 1.29 is 0 Å². The van der Waals surface area contributed by atoms with Gasteiger partial charge in [-0.1, -0.05) is 0 Å². The second-order valence-electron chi connectivity index (χ2n) is 2.44. The molecular formula is C7H8N4. The minimum atomic E-state index is 0.503. The van der Waals surface area contributed by atoms with Gasteiger partial charge in [0.1, 0.15) is 5.82 Å². The molecule has 0 aromatic carbocycles. The van der Waals surface area contributed by atoms with Crippen molar-refractivity contribution >= 4 is 11.5 Å². The molecule has 2 aromatic heterocycles. The molecular weight excluding hydrogens is 140 g/mol. The summed E-state index contributed by atoms with van der Waals surface area (Å²) < 4.78 is 1.67. The fourth-order valence-electron chi connectivity index (χ4n) is 0.996. The van der Waals surface area contributed by atoms with Crippen LogP contribution < -0.4 is 5.73 Å². The van der Waals surface area contributed by atoms with E-state index in [4.69, 9.17) is 5.73 Å². The largest absolute Gasteiger partial charge is 0.382 e. The van der Waals surface area contributed by atoms with Crippen LogP contribution in [0.2, 0.25) is 0 Å². The van der Waals surface area contributed by atoms with Gasteiger partial charge in [0, 0.05) is 0 Å². The van der Waals surface area contributed by atoms with Gasteiger partial charge in [-0.05, 0) is 19.1 Å². The lowest BCUT2D eigenvalue weighted by atomic mass is 10.4. The SMILES string of the molecule is Cc1ccc2nc(N)cn2n1. The van der Waals surface area contributed by atoms with Gasteiger partial charge >= 0.3 is 0 Å². The lowest BCUT2D eigenvalue weighted by Gasteiger charge is -1.91. The van der Waals surface area contributed by atoms with E-state index in [-0.39, 0.29) is 0 Å². The van der Waals surface area contributed by atoms with E-state index in [0.29, 0.717) is 5.82 Å². The molecule has 2 heterocycles. The smallest absolute Gasteiger partial charge is 0.155 e. The molecule has 11 heavy (non-hydrogen) atoms. The normalized spacial score (nSPS) is 10.6. The number of nitrogens with zero attached hydrogens (tertiary/aromatic N) is 3. The van der Waals surface area contributed by atoms with Crippen molar-refractivity contribution in [2.75, 3.05) is 5.73 Å². The van der Waals surface area contributed by atoms with Crippen LogP contribution in [0.3, 0.4) is 0 Å². The summed E-state index contributed by atoms with van der Waals surface area (Å²) in [4.78, 5) is 4.03. The van der Waals surface area contributed by atoms with Crippen molar-refractivity contribution in [2.24, 2.45) is 0 Å². The van der Waals surface area contributed by atoms with Crippen molar-refractivity contribution in [2.45, 2.75) is 6.92 Å². The van der Waals surface area contributed by atoms with Gasteiger partial charge in [-0.15, -0.1) is 0 Å². The predicted octanol–water partition coefficient (Wildman–Crippen LogP) is 0.620. The first kappa shape index (κ1) is 6.15. The Morgan fingerprint density at radius 3 is 3.09 bits per heavy atom.